The van der Waals surface area contributed by atoms with Crippen molar-refractivity contribution in [3.63, 3.8) is 0 Å². The van der Waals surface area contributed by atoms with Crippen LogP contribution in [0.4, 0.5) is 0 Å². The number of nitrogens with one attached hydrogen (secondary N) is 1. The second-order valence-electron chi connectivity index (χ2n) is 4.53. The highest BCUT2D eigenvalue weighted by atomic mass is 79.9. The molecule has 20 heavy (non-hydrogen) atoms. The number of carbonyl (C=O) groups excluding carboxylic acids is 1. The summed E-state index contributed by atoms with van der Waals surface area (Å²) in [6.07, 6.45) is 0. The predicted molar refractivity (Wildman–Crippen MR) is 80.0 cm³/mol. The third kappa shape index (κ3) is 3.22. The lowest BCUT2D eigenvalue weighted by molar-refractivity contribution is 0.0922. The molecule has 0 spiro atoms. The fourth-order valence-corrected chi connectivity index (χ4v) is 2.27. The van der Waals surface area contributed by atoms with Crippen LogP contribution in [-0.4, -0.2) is 13.0 Å². The molecule has 0 unspecified atom stereocenters. The van der Waals surface area contributed by atoms with E-state index < -0.39 is 0 Å². The molecule has 1 amide bonds. The number of halogens is 1. The lowest BCUT2D eigenvalue weighted by Crippen LogP contribution is -2.22. The highest BCUT2D eigenvalue weighted by Crippen LogP contribution is 2.22. The van der Waals surface area contributed by atoms with Crippen LogP contribution >= 0.6 is 15.9 Å². The molecule has 1 heterocycles. The zero-order valence-corrected chi connectivity index (χ0v) is 13.2. The largest absolute Gasteiger partial charge is 0.496 e. The summed E-state index contributed by atoms with van der Waals surface area (Å²) in [4.78, 5) is 11.9. The summed E-state index contributed by atoms with van der Waals surface area (Å²) in [6, 6.07) is 7.32. The standard InChI is InChI=1S/C15H16BrNO3/c1-9-7-13(19-3)10(2)6-11(9)8-17-15(18)12-4-5-14(16)20-12/h4-7H,8H2,1-3H3,(H,17,18). The molecular weight excluding hydrogens is 322 g/mol. The Labute approximate surface area is 126 Å². The van der Waals surface area contributed by atoms with E-state index in [4.69, 9.17) is 9.15 Å². The highest BCUT2D eigenvalue weighted by molar-refractivity contribution is 9.10. The minimum absolute atomic E-state index is 0.233. The van der Waals surface area contributed by atoms with E-state index in [2.05, 4.69) is 21.2 Å². The van der Waals surface area contributed by atoms with E-state index in [9.17, 15) is 4.79 Å². The molecule has 0 aliphatic heterocycles. The Balaban J connectivity index is 2.07. The number of hydrogen-bond acceptors (Lipinski definition) is 3. The second-order valence-corrected chi connectivity index (χ2v) is 5.32. The summed E-state index contributed by atoms with van der Waals surface area (Å²) in [5.74, 6) is 0.913. The topological polar surface area (TPSA) is 51.5 Å². The van der Waals surface area contributed by atoms with Gasteiger partial charge in [-0.2, -0.15) is 0 Å². The third-order valence-electron chi connectivity index (χ3n) is 3.09. The van der Waals surface area contributed by atoms with Gasteiger partial charge in [0.2, 0.25) is 0 Å². The molecule has 0 saturated heterocycles. The maximum Gasteiger partial charge on any atom is 0.287 e. The second kappa shape index (κ2) is 6.13. The summed E-state index contributed by atoms with van der Waals surface area (Å²) < 4.78 is 11.0. The Bertz CT molecular complexity index is 634. The Morgan fingerprint density at radius 1 is 1.30 bits per heavy atom. The average molecular weight is 338 g/mol. The van der Waals surface area contributed by atoms with Gasteiger partial charge < -0.3 is 14.5 Å². The lowest BCUT2D eigenvalue weighted by Gasteiger charge is -2.11. The summed E-state index contributed by atoms with van der Waals surface area (Å²) in [5, 5.41) is 2.84. The van der Waals surface area contributed by atoms with Gasteiger partial charge in [0.05, 0.1) is 7.11 Å². The molecule has 4 nitrogen and oxygen atoms in total. The molecule has 106 valence electrons. The number of methoxy groups -OCH3 is 1. The SMILES string of the molecule is COc1cc(C)c(CNC(=O)c2ccc(Br)o2)cc1C. The molecule has 0 bridgehead atoms. The molecular formula is C15H16BrNO3. The van der Waals surface area contributed by atoms with Gasteiger partial charge in [0.1, 0.15) is 5.75 Å². The molecule has 2 aromatic rings. The van der Waals surface area contributed by atoms with Crippen molar-refractivity contribution in [3.05, 3.63) is 51.4 Å². The number of carbonyl (C=O) groups is 1. The first-order valence-corrected chi connectivity index (χ1v) is 6.98. The molecule has 0 atom stereocenters. The lowest BCUT2D eigenvalue weighted by atomic mass is 10.0. The highest BCUT2D eigenvalue weighted by Gasteiger charge is 2.11. The van der Waals surface area contributed by atoms with Gasteiger partial charge in [0, 0.05) is 6.54 Å². The molecule has 5 heteroatoms. The number of furan rings is 1. The van der Waals surface area contributed by atoms with Crippen LogP contribution in [0.2, 0.25) is 0 Å². The first-order valence-electron chi connectivity index (χ1n) is 6.19. The van der Waals surface area contributed by atoms with Crippen LogP contribution in [0, 0.1) is 13.8 Å². The van der Waals surface area contributed by atoms with E-state index in [1.807, 2.05) is 26.0 Å². The maximum atomic E-state index is 11.9. The van der Waals surface area contributed by atoms with Gasteiger partial charge in [0.25, 0.3) is 5.91 Å². The van der Waals surface area contributed by atoms with Crippen LogP contribution in [0.15, 0.2) is 33.4 Å². The third-order valence-corrected chi connectivity index (χ3v) is 3.52. The van der Waals surface area contributed by atoms with Crippen LogP contribution < -0.4 is 10.1 Å². The zero-order chi connectivity index (χ0) is 14.7. The van der Waals surface area contributed by atoms with Crippen molar-refractivity contribution in [2.45, 2.75) is 20.4 Å². The van der Waals surface area contributed by atoms with Gasteiger partial charge in [-0.25, -0.2) is 0 Å². The first kappa shape index (κ1) is 14.7. The van der Waals surface area contributed by atoms with E-state index in [1.54, 1.807) is 19.2 Å². The van der Waals surface area contributed by atoms with E-state index in [0.29, 0.717) is 17.0 Å². The van der Waals surface area contributed by atoms with E-state index in [-0.39, 0.29) is 5.91 Å². The predicted octanol–water partition coefficient (Wildman–Crippen LogP) is 3.60. The molecule has 1 aromatic heterocycles. The summed E-state index contributed by atoms with van der Waals surface area (Å²) in [6.45, 7) is 4.42. The molecule has 0 radical (unpaired) electrons. The van der Waals surface area contributed by atoms with Crippen molar-refractivity contribution in [2.75, 3.05) is 7.11 Å². The monoisotopic (exact) mass is 337 g/mol. The fourth-order valence-electron chi connectivity index (χ4n) is 1.96. The molecule has 0 fully saturated rings. The minimum Gasteiger partial charge on any atom is -0.496 e. The number of aryl methyl sites for hydroxylation is 2. The van der Waals surface area contributed by atoms with Crippen molar-refractivity contribution in [1.82, 2.24) is 5.32 Å². The van der Waals surface area contributed by atoms with E-state index in [0.717, 1.165) is 22.4 Å². The van der Waals surface area contributed by atoms with Gasteiger partial charge in [-0.05, 0) is 64.7 Å². The number of ether oxygens (including phenoxy) is 1. The minimum atomic E-state index is -0.233. The fraction of sp³-hybridized carbons (Fsp3) is 0.267. The van der Waals surface area contributed by atoms with E-state index >= 15 is 0 Å². The van der Waals surface area contributed by atoms with Gasteiger partial charge in [0.15, 0.2) is 10.4 Å². The summed E-state index contributed by atoms with van der Waals surface area (Å²) in [5.41, 5.74) is 3.18. The molecule has 0 saturated carbocycles. The zero-order valence-electron chi connectivity index (χ0n) is 11.6. The molecule has 2 rings (SSSR count). The van der Waals surface area contributed by atoms with E-state index in [1.165, 1.54) is 0 Å². The molecule has 1 aromatic carbocycles. The Hall–Kier alpha value is -1.75. The molecule has 1 N–H and O–H groups in total. The van der Waals surface area contributed by atoms with Crippen molar-refractivity contribution in [2.24, 2.45) is 0 Å². The number of rotatable bonds is 4. The van der Waals surface area contributed by atoms with Crippen molar-refractivity contribution in [1.29, 1.82) is 0 Å². The van der Waals surface area contributed by atoms with Crippen molar-refractivity contribution >= 4 is 21.8 Å². The Morgan fingerprint density at radius 3 is 2.65 bits per heavy atom. The molecule has 0 aliphatic rings. The summed E-state index contributed by atoms with van der Waals surface area (Å²) in [7, 11) is 1.65. The van der Waals surface area contributed by atoms with Crippen LogP contribution in [-0.2, 0) is 6.54 Å². The number of amides is 1. The van der Waals surface area contributed by atoms with Crippen LogP contribution in [0.25, 0.3) is 0 Å². The van der Waals surface area contributed by atoms with Crippen LogP contribution in [0.5, 0.6) is 5.75 Å². The van der Waals surface area contributed by atoms with Crippen LogP contribution in [0.1, 0.15) is 27.2 Å². The quantitative estimate of drug-likeness (QED) is 0.927. The van der Waals surface area contributed by atoms with Gasteiger partial charge in [-0.3, -0.25) is 4.79 Å². The Kier molecular flexibility index (Phi) is 4.49. The number of benzene rings is 1. The van der Waals surface area contributed by atoms with Crippen LogP contribution in [0.3, 0.4) is 0 Å². The number of hydrogen-bond donors (Lipinski definition) is 1. The van der Waals surface area contributed by atoms with Gasteiger partial charge >= 0.3 is 0 Å². The summed E-state index contributed by atoms with van der Waals surface area (Å²) >= 11 is 3.17. The first-order chi connectivity index (χ1) is 9.51. The Morgan fingerprint density at radius 2 is 2.05 bits per heavy atom. The molecule has 0 aliphatic carbocycles. The van der Waals surface area contributed by atoms with Gasteiger partial charge in [-0.1, -0.05) is 6.07 Å². The van der Waals surface area contributed by atoms with Crippen molar-refractivity contribution in [3.8, 4) is 5.75 Å². The maximum absolute atomic E-state index is 11.9. The average Bonchev–Trinajstić information content (AvgIpc) is 2.85. The smallest absolute Gasteiger partial charge is 0.287 e. The van der Waals surface area contributed by atoms with Crippen molar-refractivity contribution < 1.29 is 13.9 Å². The normalized spacial score (nSPS) is 10.4. The van der Waals surface area contributed by atoms with Gasteiger partial charge in [-0.15, -0.1) is 0 Å².